The number of ether oxygens (including phenoxy) is 1. The standard InChI is InChI=1S/C9H14N2O2/c1-13-9-5-11-3-2-7(9)4-8(10)6-12/h2-3,5,8,12H,4,6,10H2,1H3. The maximum absolute atomic E-state index is 8.78. The third-order valence-electron chi connectivity index (χ3n) is 1.81. The molecule has 1 aromatic rings. The van der Waals surface area contributed by atoms with Crippen LogP contribution in [0.3, 0.4) is 0 Å². The first-order valence-electron chi connectivity index (χ1n) is 4.11. The highest BCUT2D eigenvalue weighted by atomic mass is 16.5. The van der Waals surface area contributed by atoms with E-state index in [1.807, 2.05) is 6.07 Å². The van der Waals surface area contributed by atoms with E-state index < -0.39 is 0 Å². The van der Waals surface area contributed by atoms with Gasteiger partial charge in [0.05, 0.1) is 19.9 Å². The molecule has 13 heavy (non-hydrogen) atoms. The third kappa shape index (κ3) is 2.68. The highest BCUT2D eigenvalue weighted by Gasteiger charge is 2.06. The van der Waals surface area contributed by atoms with Gasteiger partial charge in [0, 0.05) is 12.2 Å². The second-order valence-corrected chi connectivity index (χ2v) is 2.83. The maximum Gasteiger partial charge on any atom is 0.140 e. The molecule has 3 N–H and O–H groups in total. The van der Waals surface area contributed by atoms with E-state index in [0.717, 1.165) is 5.56 Å². The number of aliphatic hydroxyl groups excluding tert-OH is 1. The molecule has 0 spiro atoms. The van der Waals surface area contributed by atoms with Crippen molar-refractivity contribution in [3.05, 3.63) is 24.0 Å². The van der Waals surface area contributed by atoms with Crippen LogP contribution in [-0.2, 0) is 6.42 Å². The number of methoxy groups -OCH3 is 1. The predicted octanol–water partition coefficient (Wildman–Crippen LogP) is -0.0477. The van der Waals surface area contributed by atoms with E-state index in [1.54, 1.807) is 19.5 Å². The highest BCUT2D eigenvalue weighted by molar-refractivity contribution is 5.30. The van der Waals surface area contributed by atoms with Gasteiger partial charge in [-0.2, -0.15) is 0 Å². The summed E-state index contributed by atoms with van der Waals surface area (Å²) in [6, 6.07) is 1.60. The summed E-state index contributed by atoms with van der Waals surface area (Å²) in [4.78, 5) is 3.92. The Hall–Kier alpha value is -1.13. The molecule has 1 heterocycles. The molecule has 4 nitrogen and oxygen atoms in total. The Morgan fingerprint density at radius 1 is 1.69 bits per heavy atom. The molecule has 0 aliphatic carbocycles. The molecule has 1 aromatic heterocycles. The normalized spacial score (nSPS) is 12.5. The molecule has 0 bridgehead atoms. The first-order chi connectivity index (χ1) is 6.27. The Kier molecular flexibility index (Phi) is 3.67. The molecule has 0 aliphatic heterocycles. The first-order valence-corrected chi connectivity index (χ1v) is 4.11. The molecule has 0 radical (unpaired) electrons. The van der Waals surface area contributed by atoms with E-state index in [1.165, 1.54) is 0 Å². The topological polar surface area (TPSA) is 68.4 Å². The Morgan fingerprint density at radius 3 is 3.08 bits per heavy atom. The molecule has 1 rings (SSSR count). The Balaban J connectivity index is 2.74. The molecule has 1 atom stereocenters. The molecule has 0 fully saturated rings. The number of nitrogens with two attached hydrogens (primary N) is 1. The van der Waals surface area contributed by atoms with E-state index >= 15 is 0 Å². The van der Waals surface area contributed by atoms with E-state index in [4.69, 9.17) is 15.6 Å². The van der Waals surface area contributed by atoms with Gasteiger partial charge >= 0.3 is 0 Å². The van der Waals surface area contributed by atoms with E-state index in [9.17, 15) is 0 Å². The van der Waals surface area contributed by atoms with Gasteiger partial charge in [-0.15, -0.1) is 0 Å². The zero-order valence-corrected chi connectivity index (χ0v) is 7.60. The minimum absolute atomic E-state index is 0.0223. The van der Waals surface area contributed by atoms with Crippen LogP contribution >= 0.6 is 0 Å². The lowest BCUT2D eigenvalue weighted by Crippen LogP contribution is -2.27. The summed E-state index contributed by atoms with van der Waals surface area (Å²) < 4.78 is 5.09. The maximum atomic E-state index is 8.78. The van der Waals surface area contributed by atoms with E-state index in [0.29, 0.717) is 12.2 Å². The van der Waals surface area contributed by atoms with Gasteiger partial charge < -0.3 is 15.6 Å². The summed E-state index contributed by atoms with van der Waals surface area (Å²) in [5.74, 6) is 0.714. The number of aliphatic hydroxyl groups is 1. The second kappa shape index (κ2) is 4.79. The fourth-order valence-corrected chi connectivity index (χ4v) is 1.11. The van der Waals surface area contributed by atoms with Gasteiger partial charge in [-0.3, -0.25) is 4.98 Å². The van der Waals surface area contributed by atoms with Crippen LogP contribution in [-0.4, -0.2) is 29.8 Å². The minimum atomic E-state index is -0.240. The third-order valence-corrected chi connectivity index (χ3v) is 1.81. The first kappa shape index (κ1) is 9.95. The van der Waals surface area contributed by atoms with Crippen LogP contribution in [0.2, 0.25) is 0 Å². The number of aromatic nitrogens is 1. The quantitative estimate of drug-likeness (QED) is 0.685. The zero-order valence-electron chi connectivity index (χ0n) is 7.60. The minimum Gasteiger partial charge on any atom is -0.495 e. The van der Waals surface area contributed by atoms with E-state index in [-0.39, 0.29) is 12.6 Å². The van der Waals surface area contributed by atoms with Crippen molar-refractivity contribution in [2.45, 2.75) is 12.5 Å². The van der Waals surface area contributed by atoms with Gasteiger partial charge in [-0.25, -0.2) is 0 Å². The SMILES string of the molecule is COc1cnccc1CC(N)CO. The van der Waals surface area contributed by atoms with Crippen LogP contribution in [0.5, 0.6) is 5.75 Å². The molecular weight excluding hydrogens is 168 g/mol. The highest BCUT2D eigenvalue weighted by Crippen LogP contribution is 2.16. The van der Waals surface area contributed by atoms with Crippen molar-refractivity contribution in [3.63, 3.8) is 0 Å². The van der Waals surface area contributed by atoms with Crippen LogP contribution in [0.15, 0.2) is 18.5 Å². The summed E-state index contributed by atoms with van der Waals surface area (Å²) in [5.41, 5.74) is 6.57. The van der Waals surface area contributed by atoms with Gasteiger partial charge in [0.25, 0.3) is 0 Å². The van der Waals surface area contributed by atoms with Gasteiger partial charge in [0.15, 0.2) is 0 Å². The van der Waals surface area contributed by atoms with E-state index in [2.05, 4.69) is 4.98 Å². The van der Waals surface area contributed by atoms with Crippen molar-refractivity contribution in [1.29, 1.82) is 0 Å². The molecule has 4 heteroatoms. The molecule has 0 saturated carbocycles. The van der Waals surface area contributed by atoms with Crippen molar-refractivity contribution in [2.75, 3.05) is 13.7 Å². The summed E-state index contributed by atoms with van der Waals surface area (Å²) in [7, 11) is 1.59. The molecule has 0 aromatic carbocycles. The monoisotopic (exact) mass is 182 g/mol. The Bertz CT molecular complexity index is 266. The fraction of sp³-hybridized carbons (Fsp3) is 0.444. The summed E-state index contributed by atoms with van der Waals surface area (Å²) in [6.07, 6.45) is 3.92. The summed E-state index contributed by atoms with van der Waals surface area (Å²) in [5, 5.41) is 8.78. The average molecular weight is 182 g/mol. The lowest BCUT2D eigenvalue weighted by Gasteiger charge is -2.10. The molecule has 72 valence electrons. The zero-order chi connectivity index (χ0) is 9.68. The molecule has 0 amide bonds. The van der Waals surface area contributed by atoms with Gasteiger partial charge in [0.2, 0.25) is 0 Å². The number of hydrogen-bond acceptors (Lipinski definition) is 4. The van der Waals surface area contributed by atoms with Crippen LogP contribution in [0.4, 0.5) is 0 Å². The van der Waals surface area contributed by atoms with Crippen LogP contribution in [0.1, 0.15) is 5.56 Å². The average Bonchev–Trinajstić information content (AvgIpc) is 2.18. The summed E-state index contributed by atoms with van der Waals surface area (Å²) in [6.45, 7) is -0.0223. The number of nitrogens with zero attached hydrogens (tertiary/aromatic N) is 1. The largest absolute Gasteiger partial charge is 0.495 e. The Labute approximate surface area is 77.4 Å². The van der Waals surface area contributed by atoms with Gasteiger partial charge in [-0.05, 0) is 18.1 Å². The second-order valence-electron chi connectivity index (χ2n) is 2.83. The van der Waals surface area contributed by atoms with Crippen molar-refractivity contribution >= 4 is 0 Å². The van der Waals surface area contributed by atoms with Crippen molar-refractivity contribution in [1.82, 2.24) is 4.98 Å². The lowest BCUT2D eigenvalue weighted by atomic mass is 10.1. The van der Waals surface area contributed by atoms with Crippen LogP contribution < -0.4 is 10.5 Å². The molecule has 0 saturated heterocycles. The number of hydrogen-bond donors (Lipinski definition) is 2. The van der Waals surface area contributed by atoms with Gasteiger partial charge in [-0.1, -0.05) is 0 Å². The fourth-order valence-electron chi connectivity index (χ4n) is 1.11. The van der Waals surface area contributed by atoms with Crippen LogP contribution in [0, 0.1) is 0 Å². The van der Waals surface area contributed by atoms with Crippen LogP contribution in [0.25, 0.3) is 0 Å². The predicted molar refractivity (Wildman–Crippen MR) is 49.6 cm³/mol. The number of pyridine rings is 1. The smallest absolute Gasteiger partial charge is 0.140 e. The van der Waals surface area contributed by atoms with Crippen molar-refractivity contribution < 1.29 is 9.84 Å². The van der Waals surface area contributed by atoms with Crippen molar-refractivity contribution in [3.8, 4) is 5.75 Å². The lowest BCUT2D eigenvalue weighted by molar-refractivity contribution is 0.264. The molecular formula is C9H14N2O2. The Morgan fingerprint density at radius 2 is 2.46 bits per heavy atom. The molecule has 0 aliphatic rings. The molecule has 1 unspecified atom stereocenters. The number of rotatable bonds is 4. The van der Waals surface area contributed by atoms with Gasteiger partial charge in [0.1, 0.15) is 5.75 Å². The summed E-state index contributed by atoms with van der Waals surface area (Å²) >= 11 is 0. The van der Waals surface area contributed by atoms with Crippen molar-refractivity contribution in [2.24, 2.45) is 5.73 Å².